The van der Waals surface area contributed by atoms with Gasteiger partial charge in [0.15, 0.2) is 0 Å². The molecule has 0 aliphatic carbocycles. The number of hydrogen-bond donors (Lipinski definition) is 2. The lowest BCUT2D eigenvalue weighted by atomic mass is 9.87. The molecule has 0 aromatic heterocycles. The highest BCUT2D eigenvalue weighted by atomic mass is 32.2. The van der Waals surface area contributed by atoms with Gasteiger partial charge in [0.1, 0.15) is 0 Å². The zero-order chi connectivity index (χ0) is 19.4. The van der Waals surface area contributed by atoms with Crippen LogP contribution in [0.4, 0.5) is 0 Å². The number of amides is 1. The Morgan fingerprint density at radius 1 is 1.00 bits per heavy atom. The van der Waals surface area contributed by atoms with Crippen LogP contribution in [-0.2, 0) is 20.2 Å². The number of thioether (sulfide) groups is 1. The van der Waals surface area contributed by atoms with E-state index < -0.39 is 15.9 Å². The zero-order valence-electron chi connectivity index (χ0n) is 15.4. The molecule has 0 heterocycles. The molecule has 0 radical (unpaired) electrons. The maximum Gasteiger partial charge on any atom is 0.257 e. The van der Waals surface area contributed by atoms with Crippen molar-refractivity contribution in [2.75, 3.05) is 5.75 Å². The number of rotatable bonds is 6. The Kier molecular flexibility index (Phi) is 6.49. The summed E-state index contributed by atoms with van der Waals surface area (Å²) in [4.78, 5) is 15.1. The Hall–Kier alpha value is -1.83. The normalized spacial score (nSPS) is 12.0. The average Bonchev–Trinajstić information content (AvgIpc) is 2.59. The van der Waals surface area contributed by atoms with Crippen LogP contribution in [0.1, 0.15) is 31.9 Å². The first kappa shape index (κ1) is 20.5. The van der Waals surface area contributed by atoms with E-state index in [4.69, 9.17) is 0 Å². The molecule has 2 rings (SSSR count). The van der Waals surface area contributed by atoms with Gasteiger partial charge in [0, 0.05) is 4.90 Å². The minimum Gasteiger partial charge on any atom is -0.277 e. The second-order valence-corrected chi connectivity index (χ2v) is 9.76. The van der Waals surface area contributed by atoms with E-state index in [0.717, 1.165) is 16.0 Å². The Bertz CT molecular complexity index is 853. The van der Waals surface area contributed by atoms with Crippen LogP contribution in [0.5, 0.6) is 0 Å². The number of carbonyl (C=O) groups is 1. The van der Waals surface area contributed by atoms with E-state index in [1.165, 1.54) is 23.9 Å². The zero-order valence-corrected chi connectivity index (χ0v) is 17.0. The topological polar surface area (TPSA) is 75.3 Å². The fraction of sp³-hybridized carbons (Fsp3) is 0.316. The SMILES string of the molecule is Cc1ccc(SCC(=O)NNS(=O)(=O)c2ccc(C(C)(C)C)cc2)cc1. The molecule has 0 saturated heterocycles. The molecule has 2 aromatic carbocycles. The molecular formula is C19H24N2O3S2. The van der Waals surface area contributed by atoms with Crippen molar-refractivity contribution >= 4 is 27.7 Å². The number of benzene rings is 2. The fourth-order valence-corrected chi connectivity index (χ4v) is 3.70. The smallest absolute Gasteiger partial charge is 0.257 e. The molecule has 2 N–H and O–H groups in total. The Morgan fingerprint density at radius 2 is 1.58 bits per heavy atom. The van der Waals surface area contributed by atoms with Crippen LogP contribution < -0.4 is 10.3 Å². The molecule has 5 nitrogen and oxygen atoms in total. The van der Waals surface area contributed by atoms with Crippen LogP contribution in [0.2, 0.25) is 0 Å². The van der Waals surface area contributed by atoms with E-state index in [9.17, 15) is 13.2 Å². The summed E-state index contributed by atoms with van der Waals surface area (Å²) in [6.07, 6.45) is 0. The predicted octanol–water partition coefficient (Wildman–Crippen LogP) is 3.39. The number of carbonyl (C=O) groups excluding carboxylic acids is 1. The van der Waals surface area contributed by atoms with Crippen molar-refractivity contribution in [2.24, 2.45) is 0 Å². The lowest BCUT2D eigenvalue weighted by molar-refractivity contribution is -0.119. The second-order valence-electron chi connectivity index (χ2n) is 7.03. The van der Waals surface area contributed by atoms with E-state index in [1.807, 2.05) is 31.2 Å². The molecule has 7 heteroatoms. The standard InChI is InChI=1S/C19H24N2O3S2/c1-14-5-9-16(10-6-14)25-13-18(22)20-21-26(23,24)17-11-7-15(8-12-17)19(2,3)4/h5-12,21H,13H2,1-4H3,(H,20,22). The second kappa shape index (κ2) is 8.24. The van der Waals surface area contributed by atoms with Crippen LogP contribution in [0.15, 0.2) is 58.3 Å². The van der Waals surface area contributed by atoms with Crippen molar-refractivity contribution in [2.45, 2.75) is 42.9 Å². The van der Waals surface area contributed by atoms with E-state index >= 15 is 0 Å². The maximum absolute atomic E-state index is 12.3. The maximum atomic E-state index is 12.3. The van der Waals surface area contributed by atoms with E-state index in [1.54, 1.807) is 12.1 Å². The van der Waals surface area contributed by atoms with Gasteiger partial charge >= 0.3 is 0 Å². The molecule has 0 saturated carbocycles. The Labute approximate surface area is 159 Å². The van der Waals surface area contributed by atoms with Gasteiger partial charge in [-0.15, -0.1) is 16.6 Å². The summed E-state index contributed by atoms with van der Waals surface area (Å²) in [6, 6.07) is 14.4. The highest BCUT2D eigenvalue weighted by Crippen LogP contribution is 2.23. The fourth-order valence-electron chi connectivity index (χ4n) is 2.14. The quantitative estimate of drug-likeness (QED) is 0.584. The van der Waals surface area contributed by atoms with E-state index in [-0.39, 0.29) is 16.1 Å². The first-order chi connectivity index (χ1) is 12.1. The largest absolute Gasteiger partial charge is 0.277 e. The molecule has 2 aromatic rings. The molecule has 0 unspecified atom stereocenters. The van der Waals surface area contributed by atoms with Crippen molar-refractivity contribution in [1.82, 2.24) is 10.3 Å². The van der Waals surface area contributed by atoms with Crippen LogP contribution in [0.3, 0.4) is 0 Å². The number of aryl methyl sites for hydroxylation is 1. The van der Waals surface area contributed by atoms with Crippen molar-refractivity contribution < 1.29 is 13.2 Å². The summed E-state index contributed by atoms with van der Waals surface area (Å²) in [6.45, 7) is 8.16. The summed E-state index contributed by atoms with van der Waals surface area (Å²) in [5.41, 5.74) is 4.37. The van der Waals surface area contributed by atoms with Crippen molar-refractivity contribution in [3.63, 3.8) is 0 Å². The first-order valence-electron chi connectivity index (χ1n) is 8.18. The van der Waals surface area contributed by atoms with Crippen LogP contribution in [0, 0.1) is 6.92 Å². The van der Waals surface area contributed by atoms with Crippen molar-refractivity contribution in [1.29, 1.82) is 0 Å². The van der Waals surface area contributed by atoms with Gasteiger partial charge in [-0.05, 0) is 42.2 Å². The molecule has 0 aliphatic rings. The van der Waals surface area contributed by atoms with E-state index in [0.29, 0.717) is 0 Å². The number of nitrogens with one attached hydrogen (secondary N) is 2. The lowest BCUT2D eigenvalue weighted by Gasteiger charge is -2.19. The van der Waals surface area contributed by atoms with Crippen LogP contribution in [0.25, 0.3) is 0 Å². The van der Waals surface area contributed by atoms with Gasteiger partial charge in [0.25, 0.3) is 10.0 Å². The summed E-state index contributed by atoms with van der Waals surface area (Å²) < 4.78 is 24.6. The molecule has 26 heavy (non-hydrogen) atoms. The molecule has 0 spiro atoms. The molecule has 0 bridgehead atoms. The van der Waals surface area contributed by atoms with Crippen LogP contribution in [-0.4, -0.2) is 20.1 Å². The average molecular weight is 393 g/mol. The summed E-state index contributed by atoms with van der Waals surface area (Å²) in [5.74, 6) is -0.292. The van der Waals surface area contributed by atoms with Gasteiger partial charge < -0.3 is 0 Å². The number of sulfonamides is 1. The monoisotopic (exact) mass is 392 g/mol. The van der Waals surface area contributed by atoms with E-state index in [2.05, 4.69) is 31.0 Å². The first-order valence-corrected chi connectivity index (χ1v) is 10.7. The van der Waals surface area contributed by atoms with Gasteiger partial charge in [-0.3, -0.25) is 10.2 Å². The van der Waals surface area contributed by atoms with Gasteiger partial charge in [-0.25, -0.2) is 8.42 Å². The van der Waals surface area contributed by atoms with Gasteiger partial charge in [-0.1, -0.05) is 50.6 Å². The third-order valence-corrected chi connectivity index (χ3v) is 6.02. The number of hydrazine groups is 1. The molecule has 0 atom stereocenters. The van der Waals surface area contributed by atoms with Crippen molar-refractivity contribution in [3.8, 4) is 0 Å². The highest BCUT2D eigenvalue weighted by molar-refractivity contribution is 8.00. The molecule has 0 aliphatic heterocycles. The third kappa shape index (κ3) is 5.86. The molecule has 1 amide bonds. The van der Waals surface area contributed by atoms with Crippen LogP contribution >= 0.6 is 11.8 Å². The third-order valence-electron chi connectivity index (χ3n) is 3.75. The minimum atomic E-state index is -3.80. The van der Waals surface area contributed by atoms with Crippen molar-refractivity contribution in [3.05, 3.63) is 59.7 Å². The van der Waals surface area contributed by atoms with Gasteiger partial charge in [-0.2, -0.15) is 0 Å². The van der Waals surface area contributed by atoms with Gasteiger partial charge in [0.05, 0.1) is 10.6 Å². The summed E-state index contributed by atoms with van der Waals surface area (Å²) in [5, 5.41) is 0. The molecule has 140 valence electrons. The molecule has 0 fully saturated rings. The Balaban J connectivity index is 1.90. The minimum absolute atomic E-state index is 0.0584. The predicted molar refractivity (Wildman–Crippen MR) is 106 cm³/mol. The summed E-state index contributed by atoms with van der Waals surface area (Å²) in [7, 11) is -3.80. The summed E-state index contributed by atoms with van der Waals surface area (Å²) >= 11 is 1.34. The molecular weight excluding hydrogens is 368 g/mol. The van der Waals surface area contributed by atoms with Gasteiger partial charge in [0.2, 0.25) is 5.91 Å². The number of hydrogen-bond acceptors (Lipinski definition) is 4. The Morgan fingerprint density at radius 3 is 2.12 bits per heavy atom. The highest BCUT2D eigenvalue weighted by Gasteiger charge is 2.18. The lowest BCUT2D eigenvalue weighted by Crippen LogP contribution is -2.42.